The van der Waals surface area contributed by atoms with E-state index in [2.05, 4.69) is 79.7 Å². The molecule has 0 amide bonds. The maximum Gasteiger partial charge on any atom is 4.00 e. The van der Waals surface area contributed by atoms with Gasteiger partial charge in [0, 0.05) is 0 Å². The molecule has 24 heavy (non-hydrogen) atoms. The molecule has 0 fully saturated rings. The minimum Gasteiger partial charge on any atom is -1.00 e. The predicted molar refractivity (Wildman–Crippen MR) is 95.8 cm³/mol. The molecular formula is C20H17F2PZr. The van der Waals surface area contributed by atoms with Crippen molar-refractivity contribution in [2.75, 3.05) is 6.16 Å². The molecule has 0 aliphatic heterocycles. The van der Waals surface area contributed by atoms with Gasteiger partial charge in [-0.1, -0.05) is 27.0 Å². The van der Waals surface area contributed by atoms with E-state index in [1.54, 1.807) is 0 Å². The first-order valence-electron chi connectivity index (χ1n) is 7.43. The van der Waals surface area contributed by atoms with Gasteiger partial charge in [0.25, 0.3) is 0 Å². The largest absolute Gasteiger partial charge is 4.00 e. The Bertz CT molecular complexity index is 770. The summed E-state index contributed by atoms with van der Waals surface area (Å²) in [6, 6.07) is 26.8. The van der Waals surface area contributed by atoms with Crippen LogP contribution in [0, 0.1) is 0 Å². The zero-order chi connectivity index (χ0) is 14.2. The van der Waals surface area contributed by atoms with E-state index in [4.69, 9.17) is 0 Å². The van der Waals surface area contributed by atoms with Gasteiger partial charge in [-0.25, -0.2) is 0 Å². The minimum atomic E-state index is -0.242. The zero-order valence-electron chi connectivity index (χ0n) is 13.3. The van der Waals surface area contributed by atoms with E-state index >= 15 is 0 Å². The molecule has 0 saturated carbocycles. The third kappa shape index (κ3) is 3.74. The van der Waals surface area contributed by atoms with E-state index in [1.165, 1.54) is 38.3 Å². The summed E-state index contributed by atoms with van der Waals surface area (Å²) in [6.07, 6.45) is 1.20. The number of fused-ring (bicyclic) bond motifs is 2. The Morgan fingerprint density at radius 2 is 1.17 bits per heavy atom. The Morgan fingerprint density at radius 3 is 1.54 bits per heavy atom. The number of hydrogen-bond donors (Lipinski definition) is 0. The summed E-state index contributed by atoms with van der Waals surface area (Å²) >= 11 is 0. The average Bonchev–Trinajstić information content (AvgIpc) is 3.11. The van der Waals surface area contributed by atoms with Crippen molar-refractivity contribution in [3.05, 3.63) is 72.8 Å². The van der Waals surface area contributed by atoms with E-state index in [0.717, 1.165) is 0 Å². The fourth-order valence-electron chi connectivity index (χ4n) is 3.09. The summed E-state index contributed by atoms with van der Waals surface area (Å²) in [5.74, 6) is 0. The van der Waals surface area contributed by atoms with Crippen LogP contribution in [0.5, 0.6) is 0 Å². The van der Waals surface area contributed by atoms with E-state index < -0.39 is 0 Å². The fourth-order valence-corrected chi connectivity index (χ4v) is 5.30. The van der Waals surface area contributed by atoms with Crippen molar-refractivity contribution in [3.8, 4) is 0 Å². The molecule has 0 aliphatic rings. The molecule has 4 aromatic rings. The van der Waals surface area contributed by atoms with E-state index in [0.29, 0.717) is 0 Å². The fraction of sp³-hybridized carbons (Fsp3) is 0.100. The molecule has 0 bridgehead atoms. The first-order chi connectivity index (χ1) is 10.3. The molecule has 0 unspecified atom stereocenters. The number of halogens is 2. The molecule has 0 nitrogen and oxygen atoms in total. The quantitative estimate of drug-likeness (QED) is 0.293. The number of hydrogen-bond acceptors (Lipinski definition) is 0. The van der Waals surface area contributed by atoms with E-state index in [9.17, 15) is 0 Å². The van der Waals surface area contributed by atoms with Gasteiger partial charge >= 0.3 is 26.2 Å². The van der Waals surface area contributed by atoms with Gasteiger partial charge in [-0.3, -0.25) is 0 Å². The second kappa shape index (κ2) is 8.79. The topological polar surface area (TPSA) is 0 Å². The van der Waals surface area contributed by atoms with Gasteiger partial charge in [-0.15, -0.1) is 80.7 Å². The van der Waals surface area contributed by atoms with Gasteiger partial charge in [-0.2, -0.15) is 12.1 Å². The molecule has 0 aromatic heterocycles. The van der Waals surface area contributed by atoms with Crippen molar-refractivity contribution in [1.29, 1.82) is 0 Å². The molecule has 0 atom stereocenters. The summed E-state index contributed by atoms with van der Waals surface area (Å²) in [6.45, 7) is 2.31. The molecule has 0 radical (unpaired) electrons. The van der Waals surface area contributed by atoms with Crippen molar-refractivity contribution in [2.45, 2.75) is 6.92 Å². The van der Waals surface area contributed by atoms with Crippen LogP contribution < -0.4 is 20.0 Å². The van der Waals surface area contributed by atoms with Crippen LogP contribution in [-0.2, 0) is 26.2 Å². The van der Waals surface area contributed by atoms with Crippen molar-refractivity contribution >= 4 is 40.1 Å². The number of benzene rings is 2. The van der Waals surface area contributed by atoms with E-state index in [1.807, 2.05) is 0 Å². The summed E-state index contributed by atoms with van der Waals surface area (Å²) in [5.41, 5.74) is 0. The molecule has 4 rings (SSSR count). The Hall–Kier alpha value is -1.17. The van der Waals surface area contributed by atoms with Gasteiger partial charge in [-0.05, 0) is 6.16 Å². The smallest absolute Gasteiger partial charge is 1.00 e. The van der Waals surface area contributed by atoms with E-state index in [-0.39, 0.29) is 43.5 Å². The molecule has 4 heteroatoms. The average molecular weight is 418 g/mol. The predicted octanol–water partition coefficient (Wildman–Crippen LogP) is -1.11. The van der Waals surface area contributed by atoms with Crippen molar-refractivity contribution in [2.24, 2.45) is 0 Å². The van der Waals surface area contributed by atoms with Crippen LogP contribution in [0.2, 0.25) is 0 Å². The minimum absolute atomic E-state index is 0. The van der Waals surface area contributed by atoms with Crippen molar-refractivity contribution < 1.29 is 35.6 Å². The van der Waals surface area contributed by atoms with Gasteiger partial charge < -0.3 is 9.41 Å². The third-order valence-corrected chi connectivity index (χ3v) is 6.54. The Labute approximate surface area is 161 Å². The molecule has 0 heterocycles. The van der Waals surface area contributed by atoms with Crippen LogP contribution in [0.4, 0.5) is 0 Å². The monoisotopic (exact) mass is 416 g/mol. The maximum atomic E-state index is 2.38. The van der Waals surface area contributed by atoms with Crippen LogP contribution in [0.3, 0.4) is 0 Å². The molecule has 120 valence electrons. The van der Waals surface area contributed by atoms with Crippen LogP contribution in [-0.4, -0.2) is 6.16 Å². The van der Waals surface area contributed by atoms with Crippen LogP contribution in [0.15, 0.2) is 72.8 Å². The van der Waals surface area contributed by atoms with Gasteiger partial charge in [0.15, 0.2) is 0 Å². The van der Waals surface area contributed by atoms with Crippen LogP contribution in [0.1, 0.15) is 6.92 Å². The third-order valence-electron chi connectivity index (χ3n) is 4.15. The first kappa shape index (κ1) is 20.9. The molecule has 0 N–H and O–H groups in total. The van der Waals surface area contributed by atoms with Gasteiger partial charge in [0.05, 0.1) is 0 Å². The molecule has 0 aliphatic carbocycles. The summed E-state index contributed by atoms with van der Waals surface area (Å²) in [5, 5.41) is 8.47. The van der Waals surface area contributed by atoms with Crippen molar-refractivity contribution in [1.82, 2.24) is 0 Å². The summed E-state index contributed by atoms with van der Waals surface area (Å²) in [4.78, 5) is 0. The zero-order valence-corrected chi connectivity index (χ0v) is 16.7. The molecule has 4 aromatic carbocycles. The Kier molecular flexibility index (Phi) is 7.65. The summed E-state index contributed by atoms with van der Waals surface area (Å²) < 4.78 is 0. The second-order valence-electron chi connectivity index (χ2n) is 5.43. The Morgan fingerprint density at radius 1 is 0.750 bits per heavy atom. The molecule has 0 saturated heterocycles. The normalized spacial score (nSPS) is 10.2. The maximum absolute atomic E-state index is 2.38. The standard InChI is InChI=1S/C20H17P.2FH.Zr/c1-2-21(19-11-15-7-3-4-8-16(15)12-19)20-13-17-9-5-6-10-18(17)14-20;;;/h3-14H,2H2,1H3;2*1H;/q-2;;;+4/p-2. The van der Waals surface area contributed by atoms with Gasteiger partial charge in [0.1, 0.15) is 0 Å². The molecule has 0 spiro atoms. The SMILES string of the molecule is CCP(c1cc2ccccc2[cH-]1)c1cc2ccccc2[cH-]1.[F-].[F-].[Zr+4]. The van der Waals surface area contributed by atoms with Crippen LogP contribution in [0.25, 0.3) is 21.5 Å². The summed E-state index contributed by atoms with van der Waals surface area (Å²) in [7, 11) is -0.242. The first-order valence-corrected chi connectivity index (χ1v) is 8.96. The van der Waals surface area contributed by atoms with Crippen molar-refractivity contribution in [3.63, 3.8) is 0 Å². The van der Waals surface area contributed by atoms with Crippen LogP contribution >= 0.6 is 7.92 Å². The van der Waals surface area contributed by atoms with Gasteiger partial charge in [0.2, 0.25) is 0 Å². The molecular weight excluding hydrogens is 400 g/mol. The number of rotatable bonds is 3. The Balaban J connectivity index is 0.000000960. The second-order valence-corrected chi connectivity index (χ2v) is 7.95.